The number of thiophene rings is 1. The van der Waals surface area contributed by atoms with Gasteiger partial charge in [-0.1, -0.05) is 6.07 Å². The molecule has 0 amide bonds. The highest BCUT2D eigenvalue weighted by atomic mass is 32.1. The molecule has 0 saturated heterocycles. The highest BCUT2D eigenvalue weighted by molar-refractivity contribution is 7.09. The monoisotopic (exact) mass is 207 g/mol. The lowest BCUT2D eigenvalue weighted by atomic mass is 10.1. The average Bonchev–Trinajstić information content (AvgIpc) is 2.75. The van der Waals surface area contributed by atoms with Gasteiger partial charge in [0.2, 0.25) is 0 Å². The van der Waals surface area contributed by atoms with E-state index in [9.17, 15) is 0 Å². The van der Waals surface area contributed by atoms with Gasteiger partial charge in [-0.05, 0) is 24.3 Å². The van der Waals surface area contributed by atoms with E-state index in [1.54, 1.807) is 11.3 Å². The van der Waals surface area contributed by atoms with Crippen molar-refractivity contribution < 1.29 is 4.74 Å². The quantitative estimate of drug-likeness (QED) is 0.743. The summed E-state index contributed by atoms with van der Waals surface area (Å²) in [6, 6.07) is 6.35. The van der Waals surface area contributed by atoms with Gasteiger partial charge in [-0.3, -0.25) is 0 Å². The molecule has 14 heavy (non-hydrogen) atoms. The van der Waals surface area contributed by atoms with Gasteiger partial charge in [0.1, 0.15) is 0 Å². The molecule has 1 aliphatic rings. The third kappa shape index (κ3) is 2.34. The Balaban J connectivity index is 1.71. The van der Waals surface area contributed by atoms with Crippen molar-refractivity contribution in [1.29, 1.82) is 5.26 Å². The van der Waals surface area contributed by atoms with Gasteiger partial charge in [-0.2, -0.15) is 5.26 Å². The van der Waals surface area contributed by atoms with Crippen LogP contribution < -0.4 is 0 Å². The molecule has 0 bridgehead atoms. The molecule has 0 unspecified atom stereocenters. The standard InChI is InChI=1S/C11H13NOS/c12-6-5-11(3-4-11)9-13-8-10-2-1-7-14-10/h1-2,7H,3-5,8-9H2. The van der Waals surface area contributed by atoms with Gasteiger partial charge in [-0.25, -0.2) is 0 Å². The highest BCUT2D eigenvalue weighted by Crippen LogP contribution is 2.48. The summed E-state index contributed by atoms with van der Waals surface area (Å²) >= 11 is 1.72. The first-order chi connectivity index (χ1) is 6.85. The Bertz CT molecular complexity index is 322. The summed E-state index contributed by atoms with van der Waals surface area (Å²) in [5.74, 6) is 0. The first-order valence-electron chi connectivity index (χ1n) is 4.82. The zero-order chi connectivity index (χ0) is 9.86. The normalized spacial score (nSPS) is 17.6. The molecule has 0 aliphatic heterocycles. The van der Waals surface area contributed by atoms with Gasteiger partial charge < -0.3 is 4.74 Å². The van der Waals surface area contributed by atoms with Crippen molar-refractivity contribution in [2.75, 3.05) is 6.61 Å². The molecule has 2 nitrogen and oxygen atoms in total. The van der Waals surface area contributed by atoms with Gasteiger partial charge in [0.05, 0.1) is 19.3 Å². The van der Waals surface area contributed by atoms with E-state index in [1.807, 2.05) is 6.07 Å². The van der Waals surface area contributed by atoms with Crippen LogP contribution in [-0.2, 0) is 11.3 Å². The second-order valence-electron chi connectivity index (χ2n) is 3.91. The van der Waals surface area contributed by atoms with Gasteiger partial charge in [0.25, 0.3) is 0 Å². The SMILES string of the molecule is N#CCC1(COCc2cccs2)CC1. The molecule has 1 aliphatic carbocycles. The van der Waals surface area contributed by atoms with Gasteiger partial charge in [-0.15, -0.1) is 11.3 Å². The predicted molar refractivity (Wildman–Crippen MR) is 55.9 cm³/mol. The zero-order valence-electron chi connectivity index (χ0n) is 8.03. The lowest BCUT2D eigenvalue weighted by Crippen LogP contribution is -2.09. The minimum Gasteiger partial charge on any atom is -0.375 e. The van der Waals surface area contributed by atoms with Crippen molar-refractivity contribution >= 4 is 11.3 Å². The minimum absolute atomic E-state index is 0.214. The molecule has 1 aromatic rings. The molecule has 74 valence electrons. The first kappa shape index (κ1) is 9.70. The molecule has 0 aromatic carbocycles. The van der Waals surface area contributed by atoms with Crippen LogP contribution in [0.2, 0.25) is 0 Å². The Kier molecular flexibility index (Phi) is 2.85. The van der Waals surface area contributed by atoms with Gasteiger partial charge in [0, 0.05) is 16.7 Å². The number of rotatable bonds is 5. The zero-order valence-corrected chi connectivity index (χ0v) is 8.85. The maximum Gasteiger partial charge on any atom is 0.0809 e. The van der Waals surface area contributed by atoms with Crippen LogP contribution in [0.1, 0.15) is 24.1 Å². The van der Waals surface area contributed by atoms with E-state index in [-0.39, 0.29) is 5.41 Å². The number of nitriles is 1. The van der Waals surface area contributed by atoms with Crippen molar-refractivity contribution in [1.82, 2.24) is 0 Å². The summed E-state index contributed by atoms with van der Waals surface area (Å²) in [6.45, 7) is 1.45. The van der Waals surface area contributed by atoms with Crippen LogP contribution in [0.25, 0.3) is 0 Å². The van der Waals surface area contributed by atoms with Crippen LogP contribution in [0.3, 0.4) is 0 Å². The maximum atomic E-state index is 8.62. The van der Waals surface area contributed by atoms with Crippen molar-refractivity contribution in [3.05, 3.63) is 22.4 Å². The van der Waals surface area contributed by atoms with E-state index < -0.39 is 0 Å². The Labute approximate surface area is 88.1 Å². The minimum atomic E-state index is 0.214. The van der Waals surface area contributed by atoms with Crippen LogP contribution in [0, 0.1) is 16.7 Å². The number of hydrogen-bond acceptors (Lipinski definition) is 3. The molecule has 1 saturated carbocycles. The third-order valence-corrected chi connectivity index (χ3v) is 3.49. The lowest BCUT2D eigenvalue weighted by molar-refractivity contribution is 0.0812. The lowest BCUT2D eigenvalue weighted by Gasteiger charge is -2.10. The summed E-state index contributed by atoms with van der Waals surface area (Å²) in [5, 5.41) is 10.7. The molecular formula is C11H13NOS. The predicted octanol–water partition coefficient (Wildman–Crippen LogP) is 2.96. The van der Waals surface area contributed by atoms with Crippen LogP contribution in [0.4, 0.5) is 0 Å². The molecule has 1 fully saturated rings. The fourth-order valence-corrected chi connectivity index (χ4v) is 2.12. The molecule has 2 rings (SSSR count). The highest BCUT2D eigenvalue weighted by Gasteiger charge is 2.42. The van der Waals surface area contributed by atoms with Gasteiger partial charge in [0.15, 0.2) is 0 Å². The Hall–Kier alpha value is -0.850. The van der Waals surface area contributed by atoms with Crippen LogP contribution in [-0.4, -0.2) is 6.61 Å². The van der Waals surface area contributed by atoms with E-state index in [4.69, 9.17) is 10.00 Å². The van der Waals surface area contributed by atoms with Gasteiger partial charge >= 0.3 is 0 Å². The molecular weight excluding hydrogens is 194 g/mol. The molecule has 0 atom stereocenters. The number of nitrogens with zero attached hydrogens (tertiary/aromatic N) is 1. The van der Waals surface area contributed by atoms with Crippen LogP contribution in [0.5, 0.6) is 0 Å². The largest absolute Gasteiger partial charge is 0.375 e. The van der Waals surface area contributed by atoms with E-state index in [1.165, 1.54) is 4.88 Å². The topological polar surface area (TPSA) is 33.0 Å². The van der Waals surface area contributed by atoms with E-state index in [2.05, 4.69) is 17.5 Å². The Morgan fingerprint density at radius 2 is 2.43 bits per heavy atom. The summed E-state index contributed by atoms with van der Waals surface area (Å²) in [7, 11) is 0. The van der Waals surface area contributed by atoms with E-state index in [0.717, 1.165) is 19.4 Å². The van der Waals surface area contributed by atoms with Crippen molar-refractivity contribution in [3.8, 4) is 6.07 Å². The maximum absolute atomic E-state index is 8.62. The molecule has 0 spiro atoms. The third-order valence-electron chi connectivity index (χ3n) is 2.64. The van der Waals surface area contributed by atoms with E-state index >= 15 is 0 Å². The molecule has 0 N–H and O–H groups in total. The summed E-state index contributed by atoms with van der Waals surface area (Å²) < 4.78 is 5.62. The Morgan fingerprint density at radius 1 is 1.57 bits per heavy atom. The number of hydrogen-bond donors (Lipinski definition) is 0. The Morgan fingerprint density at radius 3 is 3.00 bits per heavy atom. The summed E-state index contributed by atoms with van der Waals surface area (Å²) in [6.07, 6.45) is 2.97. The molecule has 1 aromatic heterocycles. The fraction of sp³-hybridized carbons (Fsp3) is 0.545. The number of ether oxygens (including phenoxy) is 1. The molecule has 3 heteroatoms. The molecule has 1 heterocycles. The molecule has 0 radical (unpaired) electrons. The average molecular weight is 207 g/mol. The van der Waals surface area contributed by atoms with E-state index in [0.29, 0.717) is 13.0 Å². The van der Waals surface area contributed by atoms with Crippen molar-refractivity contribution in [2.24, 2.45) is 5.41 Å². The first-order valence-corrected chi connectivity index (χ1v) is 5.70. The second kappa shape index (κ2) is 4.12. The van der Waals surface area contributed by atoms with Crippen LogP contribution >= 0.6 is 11.3 Å². The van der Waals surface area contributed by atoms with Crippen LogP contribution in [0.15, 0.2) is 17.5 Å². The van der Waals surface area contributed by atoms with Crippen molar-refractivity contribution in [3.63, 3.8) is 0 Å². The fourth-order valence-electron chi connectivity index (χ4n) is 1.48. The smallest absolute Gasteiger partial charge is 0.0809 e. The van der Waals surface area contributed by atoms with Crippen molar-refractivity contribution in [2.45, 2.75) is 25.9 Å². The summed E-state index contributed by atoms with van der Waals surface area (Å²) in [4.78, 5) is 1.26. The summed E-state index contributed by atoms with van der Waals surface area (Å²) in [5.41, 5.74) is 0.214. The second-order valence-corrected chi connectivity index (χ2v) is 4.94.